The van der Waals surface area contributed by atoms with Gasteiger partial charge in [0.15, 0.2) is 0 Å². The van der Waals surface area contributed by atoms with Gasteiger partial charge in [0, 0.05) is 0 Å². The van der Waals surface area contributed by atoms with Crippen LogP contribution in [0.5, 0.6) is 5.75 Å². The molecule has 3 nitrogen and oxygen atoms in total. The zero-order chi connectivity index (χ0) is 12.0. The molecule has 0 radical (unpaired) electrons. The molecule has 1 aromatic rings. The van der Waals surface area contributed by atoms with Crippen LogP contribution in [0, 0.1) is 0 Å². The average molecular weight is 234 g/mol. The predicted octanol–water partition coefficient (Wildman–Crippen LogP) is 2.17. The molecule has 0 aromatic heterocycles. The first-order chi connectivity index (χ1) is 7.50. The van der Waals surface area contributed by atoms with Crippen LogP contribution in [0.2, 0.25) is 0 Å². The van der Waals surface area contributed by atoms with Crippen LogP contribution < -0.4 is 4.74 Å². The Labute approximate surface area is 89.8 Å². The van der Waals surface area contributed by atoms with Gasteiger partial charge < -0.3 is 9.47 Å². The van der Waals surface area contributed by atoms with Gasteiger partial charge in [-0.1, -0.05) is 18.2 Å². The van der Waals surface area contributed by atoms with Crippen molar-refractivity contribution in [1.29, 1.82) is 0 Å². The smallest absolute Gasteiger partial charge is 0.490 e. The monoisotopic (exact) mass is 234 g/mol. The standard InChI is InChI=1S/C10H9F3O3/c11-10(12,13)9(14)16-7-6-15-8-4-2-1-3-5-8/h1-5H,6-7H2. The number of hydrogen-bond donors (Lipinski definition) is 0. The predicted molar refractivity (Wildman–Crippen MR) is 49.0 cm³/mol. The summed E-state index contributed by atoms with van der Waals surface area (Å²) in [5, 5.41) is 0. The molecule has 1 aromatic carbocycles. The van der Waals surface area contributed by atoms with E-state index in [0.717, 1.165) is 0 Å². The number of hydrogen-bond acceptors (Lipinski definition) is 3. The van der Waals surface area contributed by atoms with Crippen LogP contribution in [0.4, 0.5) is 13.2 Å². The van der Waals surface area contributed by atoms with Crippen molar-refractivity contribution in [3.8, 4) is 5.75 Å². The van der Waals surface area contributed by atoms with Crippen molar-refractivity contribution in [3.63, 3.8) is 0 Å². The first-order valence-electron chi connectivity index (χ1n) is 4.42. The summed E-state index contributed by atoms with van der Waals surface area (Å²) < 4.78 is 44.0. The summed E-state index contributed by atoms with van der Waals surface area (Å²) in [6.07, 6.45) is -4.95. The number of ether oxygens (including phenoxy) is 2. The van der Waals surface area contributed by atoms with E-state index in [9.17, 15) is 18.0 Å². The first kappa shape index (κ1) is 12.4. The minimum Gasteiger partial charge on any atom is -0.490 e. The Balaban J connectivity index is 2.20. The summed E-state index contributed by atoms with van der Waals surface area (Å²) in [6.45, 7) is -0.556. The molecule has 16 heavy (non-hydrogen) atoms. The Morgan fingerprint density at radius 2 is 1.75 bits per heavy atom. The zero-order valence-corrected chi connectivity index (χ0v) is 8.16. The second-order valence-corrected chi connectivity index (χ2v) is 2.80. The summed E-state index contributed by atoms with van der Waals surface area (Å²) in [5.74, 6) is -1.70. The molecule has 0 spiro atoms. The van der Waals surface area contributed by atoms with Crippen LogP contribution in [0.15, 0.2) is 30.3 Å². The van der Waals surface area contributed by atoms with E-state index >= 15 is 0 Å². The average Bonchev–Trinajstić information content (AvgIpc) is 2.24. The maximum atomic E-state index is 11.7. The quantitative estimate of drug-likeness (QED) is 0.591. The third-order valence-electron chi connectivity index (χ3n) is 1.56. The Morgan fingerprint density at radius 3 is 2.31 bits per heavy atom. The SMILES string of the molecule is O=C(OCCOc1ccccc1)C(F)(F)F. The highest BCUT2D eigenvalue weighted by atomic mass is 19.4. The molecule has 0 amide bonds. The van der Waals surface area contributed by atoms with Gasteiger partial charge in [-0.3, -0.25) is 0 Å². The van der Waals surface area contributed by atoms with Crippen LogP contribution in [-0.4, -0.2) is 25.4 Å². The zero-order valence-electron chi connectivity index (χ0n) is 8.16. The number of carbonyl (C=O) groups excluding carboxylic acids is 1. The number of carbonyl (C=O) groups is 1. The fourth-order valence-corrected chi connectivity index (χ4v) is 0.892. The first-order valence-corrected chi connectivity index (χ1v) is 4.42. The van der Waals surface area contributed by atoms with Crippen molar-refractivity contribution in [3.05, 3.63) is 30.3 Å². The summed E-state index contributed by atoms with van der Waals surface area (Å²) in [5.41, 5.74) is 0. The molecule has 0 aliphatic carbocycles. The van der Waals surface area contributed by atoms with E-state index in [4.69, 9.17) is 4.74 Å². The summed E-state index contributed by atoms with van der Waals surface area (Å²) in [7, 11) is 0. The molecule has 0 fully saturated rings. The van der Waals surface area contributed by atoms with Crippen molar-refractivity contribution < 1.29 is 27.4 Å². The number of esters is 1. The van der Waals surface area contributed by atoms with Gasteiger partial charge in [-0.2, -0.15) is 13.2 Å². The van der Waals surface area contributed by atoms with E-state index in [1.54, 1.807) is 30.3 Å². The van der Waals surface area contributed by atoms with Gasteiger partial charge in [-0.15, -0.1) is 0 Å². The van der Waals surface area contributed by atoms with Crippen LogP contribution in [-0.2, 0) is 9.53 Å². The molecular formula is C10H9F3O3. The van der Waals surface area contributed by atoms with Gasteiger partial charge in [0.1, 0.15) is 19.0 Å². The summed E-state index contributed by atoms with van der Waals surface area (Å²) in [4.78, 5) is 10.3. The maximum absolute atomic E-state index is 11.7. The van der Waals surface area contributed by atoms with Crippen molar-refractivity contribution in [1.82, 2.24) is 0 Å². The molecule has 0 unspecified atom stereocenters. The normalized spacial score (nSPS) is 10.9. The molecule has 0 saturated heterocycles. The molecule has 0 aliphatic heterocycles. The maximum Gasteiger partial charge on any atom is 0.490 e. The largest absolute Gasteiger partial charge is 0.490 e. The van der Waals surface area contributed by atoms with Gasteiger partial charge in [0.25, 0.3) is 0 Å². The molecule has 0 N–H and O–H groups in total. The van der Waals surface area contributed by atoms with E-state index in [1.165, 1.54) is 0 Å². The topological polar surface area (TPSA) is 35.5 Å². The van der Waals surface area contributed by atoms with E-state index in [2.05, 4.69) is 4.74 Å². The fraction of sp³-hybridized carbons (Fsp3) is 0.300. The van der Waals surface area contributed by atoms with Crippen LogP contribution in [0.25, 0.3) is 0 Å². The fourth-order valence-electron chi connectivity index (χ4n) is 0.892. The molecule has 88 valence electrons. The number of benzene rings is 1. The third-order valence-corrected chi connectivity index (χ3v) is 1.56. The van der Waals surface area contributed by atoms with Crippen LogP contribution in [0.1, 0.15) is 0 Å². The van der Waals surface area contributed by atoms with Gasteiger partial charge in [0.05, 0.1) is 0 Å². The van der Waals surface area contributed by atoms with Gasteiger partial charge >= 0.3 is 12.1 Å². The Kier molecular flexibility index (Phi) is 4.16. The van der Waals surface area contributed by atoms with E-state index in [1.807, 2.05) is 0 Å². The lowest BCUT2D eigenvalue weighted by molar-refractivity contribution is -0.200. The number of para-hydroxylation sites is 1. The van der Waals surface area contributed by atoms with E-state index in [0.29, 0.717) is 5.75 Å². The molecule has 0 saturated carbocycles. The molecule has 1 rings (SSSR count). The van der Waals surface area contributed by atoms with Crippen molar-refractivity contribution in [2.24, 2.45) is 0 Å². The highest BCUT2D eigenvalue weighted by Gasteiger charge is 2.40. The highest BCUT2D eigenvalue weighted by Crippen LogP contribution is 2.16. The van der Waals surface area contributed by atoms with Gasteiger partial charge in [-0.05, 0) is 12.1 Å². The second kappa shape index (κ2) is 5.39. The van der Waals surface area contributed by atoms with Crippen LogP contribution >= 0.6 is 0 Å². The lowest BCUT2D eigenvalue weighted by Gasteiger charge is -2.08. The minimum atomic E-state index is -4.95. The molecule has 0 bridgehead atoms. The summed E-state index contributed by atoms with van der Waals surface area (Å²) >= 11 is 0. The van der Waals surface area contributed by atoms with Gasteiger partial charge in [-0.25, -0.2) is 4.79 Å². The van der Waals surface area contributed by atoms with Gasteiger partial charge in [0.2, 0.25) is 0 Å². The van der Waals surface area contributed by atoms with E-state index in [-0.39, 0.29) is 6.61 Å². The molecule has 0 atom stereocenters. The second-order valence-electron chi connectivity index (χ2n) is 2.80. The third kappa shape index (κ3) is 4.20. The number of halogens is 3. The van der Waals surface area contributed by atoms with Crippen molar-refractivity contribution in [2.75, 3.05) is 13.2 Å². The molecule has 0 heterocycles. The molecule has 0 aliphatic rings. The number of rotatable bonds is 4. The minimum absolute atomic E-state index is 0.119. The molecule has 6 heteroatoms. The highest BCUT2D eigenvalue weighted by molar-refractivity contribution is 5.75. The van der Waals surface area contributed by atoms with Crippen LogP contribution in [0.3, 0.4) is 0 Å². The Hall–Kier alpha value is -1.72. The Bertz CT molecular complexity index is 335. The lowest BCUT2D eigenvalue weighted by atomic mass is 10.3. The molecular weight excluding hydrogens is 225 g/mol. The Morgan fingerprint density at radius 1 is 1.12 bits per heavy atom. The van der Waals surface area contributed by atoms with Crippen molar-refractivity contribution >= 4 is 5.97 Å². The van der Waals surface area contributed by atoms with E-state index < -0.39 is 18.8 Å². The summed E-state index contributed by atoms with van der Waals surface area (Å²) in [6, 6.07) is 8.50. The van der Waals surface area contributed by atoms with Crippen molar-refractivity contribution in [2.45, 2.75) is 6.18 Å². The lowest BCUT2D eigenvalue weighted by Crippen LogP contribution is -2.27. The number of alkyl halides is 3.